The second-order valence-corrected chi connectivity index (χ2v) is 8.67. The Bertz CT molecular complexity index is 858. The third kappa shape index (κ3) is 4.51. The third-order valence-electron chi connectivity index (χ3n) is 6.28. The van der Waals surface area contributed by atoms with Crippen LogP contribution >= 0.6 is 0 Å². The largest absolute Gasteiger partial charge is 0.368 e. The molecule has 1 amide bonds. The number of nitrogens with zero attached hydrogens (tertiary/aromatic N) is 4. The predicted molar refractivity (Wildman–Crippen MR) is 115 cm³/mol. The van der Waals surface area contributed by atoms with Crippen molar-refractivity contribution in [2.24, 2.45) is 11.7 Å². The Morgan fingerprint density at radius 3 is 2.52 bits per heavy atom. The van der Waals surface area contributed by atoms with Gasteiger partial charge in [0.1, 0.15) is 17.7 Å². The monoisotopic (exact) mass is 396 g/mol. The van der Waals surface area contributed by atoms with Crippen LogP contribution in [0.5, 0.6) is 0 Å². The van der Waals surface area contributed by atoms with E-state index in [1.165, 1.54) is 19.3 Å². The molecule has 156 valence electrons. The van der Waals surface area contributed by atoms with E-state index >= 15 is 0 Å². The van der Waals surface area contributed by atoms with Crippen LogP contribution in [0.15, 0.2) is 24.3 Å². The molecule has 7 heteroatoms. The summed E-state index contributed by atoms with van der Waals surface area (Å²) in [6, 6.07) is 8.27. The van der Waals surface area contributed by atoms with Crippen LogP contribution in [0.3, 0.4) is 0 Å². The summed E-state index contributed by atoms with van der Waals surface area (Å²) in [6.45, 7) is 9.03. The van der Waals surface area contributed by atoms with Crippen LogP contribution in [0.25, 0.3) is 10.9 Å². The van der Waals surface area contributed by atoms with Crippen LogP contribution in [0.4, 0.5) is 5.82 Å². The summed E-state index contributed by atoms with van der Waals surface area (Å²) in [4.78, 5) is 26.5. The number of fused-ring (bicyclic) bond motifs is 1. The molecular formula is C22H32N6O. The van der Waals surface area contributed by atoms with Crippen molar-refractivity contribution in [3.63, 3.8) is 0 Å². The van der Waals surface area contributed by atoms with Gasteiger partial charge in [-0.05, 0) is 30.9 Å². The molecule has 3 N–H and O–H groups in total. The number of nitrogens with one attached hydrogen (secondary N) is 1. The summed E-state index contributed by atoms with van der Waals surface area (Å²) in [7, 11) is 0. The van der Waals surface area contributed by atoms with Gasteiger partial charge in [0.2, 0.25) is 5.91 Å². The summed E-state index contributed by atoms with van der Waals surface area (Å²) < 4.78 is 0. The molecule has 1 aliphatic carbocycles. The summed E-state index contributed by atoms with van der Waals surface area (Å²) in [6.07, 6.45) is 4.10. The average molecular weight is 397 g/mol. The van der Waals surface area contributed by atoms with Crippen LogP contribution in [-0.2, 0) is 11.3 Å². The van der Waals surface area contributed by atoms with E-state index in [9.17, 15) is 4.79 Å². The standard InChI is InChI=1S/C22H32N6O/c1-15(2)20(21(23)29)26-22-17-8-3-4-9-18(17)24-19(25-22)14-27-10-12-28(13-11-27)16-6-5-7-16/h3-4,8-9,15-16,20H,5-7,10-14H2,1-2H3,(H2,23,29)(H,24,25,26)/t20-/m0/s1. The Balaban J connectivity index is 1.51. The third-order valence-corrected chi connectivity index (χ3v) is 6.28. The topological polar surface area (TPSA) is 87.4 Å². The van der Waals surface area contributed by atoms with Gasteiger partial charge in [0.15, 0.2) is 0 Å². The molecule has 1 aromatic carbocycles. The van der Waals surface area contributed by atoms with Crippen LogP contribution in [0, 0.1) is 5.92 Å². The highest BCUT2D eigenvalue weighted by Gasteiger charge is 2.28. The van der Waals surface area contributed by atoms with Crippen LogP contribution < -0.4 is 11.1 Å². The Labute approximate surface area is 172 Å². The molecule has 0 bridgehead atoms. The Morgan fingerprint density at radius 2 is 1.90 bits per heavy atom. The molecule has 0 radical (unpaired) electrons. The first-order valence-corrected chi connectivity index (χ1v) is 10.8. The highest BCUT2D eigenvalue weighted by molar-refractivity contribution is 5.91. The molecule has 2 aliphatic rings. The highest BCUT2D eigenvalue weighted by Crippen LogP contribution is 2.26. The van der Waals surface area contributed by atoms with Gasteiger partial charge >= 0.3 is 0 Å². The molecular weight excluding hydrogens is 364 g/mol. The van der Waals surface area contributed by atoms with Gasteiger partial charge in [0.05, 0.1) is 12.1 Å². The summed E-state index contributed by atoms with van der Waals surface area (Å²) in [5.74, 6) is 1.19. The zero-order valence-electron chi connectivity index (χ0n) is 17.5. The second kappa shape index (κ2) is 8.63. The van der Waals surface area contributed by atoms with E-state index in [2.05, 4.69) is 15.1 Å². The Kier molecular flexibility index (Phi) is 5.96. The number of hydrogen-bond donors (Lipinski definition) is 2. The molecule has 1 aromatic heterocycles. The molecule has 7 nitrogen and oxygen atoms in total. The van der Waals surface area contributed by atoms with Crippen molar-refractivity contribution in [2.45, 2.75) is 51.7 Å². The number of amides is 1. The zero-order valence-corrected chi connectivity index (χ0v) is 17.5. The van der Waals surface area contributed by atoms with Crippen molar-refractivity contribution in [2.75, 3.05) is 31.5 Å². The number of carbonyl (C=O) groups excluding carboxylic acids is 1. The van der Waals surface area contributed by atoms with Gasteiger partial charge < -0.3 is 11.1 Å². The smallest absolute Gasteiger partial charge is 0.240 e. The van der Waals surface area contributed by atoms with Crippen LogP contribution in [0.2, 0.25) is 0 Å². The van der Waals surface area contributed by atoms with E-state index in [-0.39, 0.29) is 11.8 Å². The van der Waals surface area contributed by atoms with Gasteiger partial charge in [-0.2, -0.15) is 0 Å². The lowest BCUT2D eigenvalue weighted by Crippen LogP contribution is -2.51. The first kappa shape index (κ1) is 20.0. The summed E-state index contributed by atoms with van der Waals surface area (Å²) in [5.41, 5.74) is 6.50. The molecule has 29 heavy (non-hydrogen) atoms. The minimum Gasteiger partial charge on any atom is -0.368 e. The van der Waals surface area contributed by atoms with Crippen molar-refractivity contribution in [3.05, 3.63) is 30.1 Å². The summed E-state index contributed by atoms with van der Waals surface area (Å²) >= 11 is 0. The van der Waals surface area contributed by atoms with Gasteiger partial charge in [-0.25, -0.2) is 9.97 Å². The van der Waals surface area contributed by atoms with E-state index < -0.39 is 6.04 Å². The minimum absolute atomic E-state index is 0.0734. The van der Waals surface area contributed by atoms with Gasteiger partial charge in [0, 0.05) is 37.6 Å². The number of rotatable bonds is 7. The average Bonchev–Trinajstić information content (AvgIpc) is 2.65. The fourth-order valence-electron chi connectivity index (χ4n) is 4.26. The van der Waals surface area contributed by atoms with E-state index in [1.807, 2.05) is 38.1 Å². The molecule has 4 rings (SSSR count). The van der Waals surface area contributed by atoms with Gasteiger partial charge in [0.25, 0.3) is 0 Å². The second-order valence-electron chi connectivity index (χ2n) is 8.67. The fourth-order valence-corrected chi connectivity index (χ4v) is 4.26. The molecule has 2 aromatic rings. The van der Waals surface area contributed by atoms with E-state index in [0.717, 1.165) is 55.5 Å². The van der Waals surface area contributed by atoms with Crippen molar-refractivity contribution >= 4 is 22.6 Å². The first-order chi connectivity index (χ1) is 14.0. The number of hydrogen-bond acceptors (Lipinski definition) is 6. The number of nitrogens with two attached hydrogens (primary N) is 1. The van der Waals surface area contributed by atoms with Crippen molar-refractivity contribution in [3.8, 4) is 0 Å². The lowest BCUT2D eigenvalue weighted by Gasteiger charge is -2.42. The fraction of sp³-hybridized carbons (Fsp3) is 0.591. The Morgan fingerprint density at radius 1 is 1.17 bits per heavy atom. The number of primary amides is 1. The minimum atomic E-state index is -0.466. The van der Waals surface area contributed by atoms with E-state index in [1.54, 1.807) is 0 Å². The molecule has 0 spiro atoms. The maximum Gasteiger partial charge on any atom is 0.240 e. The molecule has 1 aliphatic heterocycles. The van der Waals surface area contributed by atoms with Gasteiger partial charge in [-0.15, -0.1) is 0 Å². The van der Waals surface area contributed by atoms with Crippen molar-refractivity contribution in [1.82, 2.24) is 19.8 Å². The number of benzene rings is 1. The number of carbonyl (C=O) groups is 1. The molecule has 1 saturated heterocycles. The van der Waals surface area contributed by atoms with Gasteiger partial charge in [-0.3, -0.25) is 14.6 Å². The van der Waals surface area contributed by atoms with Crippen LogP contribution in [-0.4, -0.2) is 63.9 Å². The number of anilines is 1. The predicted octanol–water partition coefficient (Wildman–Crippen LogP) is 2.22. The SMILES string of the molecule is CC(C)[C@H](Nc1nc(CN2CCN(C3CCC3)CC2)nc2ccccc12)C(N)=O. The maximum atomic E-state index is 11.9. The van der Waals surface area contributed by atoms with Crippen molar-refractivity contribution < 1.29 is 4.79 Å². The normalized spacial score (nSPS) is 20.0. The van der Waals surface area contributed by atoms with Gasteiger partial charge in [-0.1, -0.05) is 32.4 Å². The number of para-hydroxylation sites is 1. The van der Waals surface area contributed by atoms with E-state index in [0.29, 0.717) is 5.82 Å². The highest BCUT2D eigenvalue weighted by atomic mass is 16.1. The molecule has 2 fully saturated rings. The number of piperazine rings is 1. The quantitative estimate of drug-likeness (QED) is 0.746. The van der Waals surface area contributed by atoms with Crippen LogP contribution in [0.1, 0.15) is 38.9 Å². The first-order valence-electron chi connectivity index (χ1n) is 10.8. The zero-order chi connectivity index (χ0) is 20.4. The molecule has 1 atom stereocenters. The Hall–Kier alpha value is -2.25. The summed E-state index contributed by atoms with van der Waals surface area (Å²) in [5, 5.41) is 4.20. The van der Waals surface area contributed by atoms with Crippen molar-refractivity contribution in [1.29, 1.82) is 0 Å². The molecule has 1 saturated carbocycles. The lowest BCUT2D eigenvalue weighted by atomic mass is 9.91. The molecule has 0 unspecified atom stereocenters. The van der Waals surface area contributed by atoms with E-state index in [4.69, 9.17) is 15.7 Å². The maximum absolute atomic E-state index is 11.9. The molecule has 2 heterocycles. The number of aromatic nitrogens is 2. The lowest BCUT2D eigenvalue weighted by molar-refractivity contribution is -0.119.